The van der Waals surface area contributed by atoms with E-state index >= 15 is 0 Å². The fourth-order valence-electron chi connectivity index (χ4n) is 2.73. The van der Waals surface area contributed by atoms with E-state index in [-0.39, 0.29) is 42.6 Å². The van der Waals surface area contributed by atoms with Crippen LogP contribution in [0.25, 0.3) is 11.3 Å². The standard InChI is InChI=1S/C17H20FN3O2.2ClH/c18-14-4-2-1-3-13(14)15-11-20-16(23-15)5-6-17(22)21-9-7-12(19)8-10-21;;/h1-4,11-12H,5-10,19H2;2*1H. The van der Waals surface area contributed by atoms with Crippen molar-refractivity contribution in [1.29, 1.82) is 0 Å². The minimum absolute atomic E-state index is 0. The van der Waals surface area contributed by atoms with E-state index in [1.807, 2.05) is 4.90 Å². The fraction of sp³-hybridized carbons (Fsp3) is 0.412. The van der Waals surface area contributed by atoms with Crippen LogP contribution >= 0.6 is 24.8 Å². The molecule has 0 radical (unpaired) electrons. The number of amides is 1. The highest BCUT2D eigenvalue weighted by Crippen LogP contribution is 2.23. The number of carbonyl (C=O) groups excluding carboxylic acids is 1. The second kappa shape index (κ2) is 9.75. The Balaban J connectivity index is 0.00000156. The Labute approximate surface area is 158 Å². The van der Waals surface area contributed by atoms with Gasteiger partial charge in [0.05, 0.1) is 11.8 Å². The molecule has 1 aliphatic heterocycles. The van der Waals surface area contributed by atoms with Crippen molar-refractivity contribution < 1.29 is 13.6 Å². The summed E-state index contributed by atoms with van der Waals surface area (Å²) in [7, 11) is 0. The molecule has 2 N–H and O–H groups in total. The summed E-state index contributed by atoms with van der Waals surface area (Å²) < 4.78 is 19.3. The van der Waals surface area contributed by atoms with Crippen LogP contribution in [0.4, 0.5) is 4.39 Å². The van der Waals surface area contributed by atoms with Crippen molar-refractivity contribution >= 4 is 30.7 Å². The lowest BCUT2D eigenvalue weighted by Gasteiger charge is -2.30. The van der Waals surface area contributed by atoms with E-state index in [0.29, 0.717) is 43.1 Å². The molecule has 8 heteroatoms. The van der Waals surface area contributed by atoms with Crippen molar-refractivity contribution in [2.24, 2.45) is 5.73 Å². The summed E-state index contributed by atoms with van der Waals surface area (Å²) >= 11 is 0. The number of carbonyl (C=O) groups is 1. The SMILES string of the molecule is Cl.Cl.NC1CCN(C(=O)CCc2ncc(-c3ccccc3F)o2)CC1. The van der Waals surface area contributed by atoms with Gasteiger partial charge in [0, 0.05) is 32.0 Å². The number of hydrogen-bond donors (Lipinski definition) is 1. The summed E-state index contributed by atoms with van der Waals surface area (Å²) in [4.78, 5) is 18.1. The molecule has 1 aromatic heterocycles. The Bertz CT molecular complexity index is 688. The van der Waals surface area contributed by atoms with Crippen molar-refractivity contribution in [2.45, 2.75) is 31.7 Å². The lowest BCUT2D eigenvalue weighted by molar-refractivity contribution is -0.132. The molecular formula is C17H22Cl2FN3O2. The van der Waals surface area contributed by atoms with Crippen molar-refractivity contribution in [3.8, 4) is 11.3 Å². The van der Waals surface area contributed by atoms with Gasteiger partial charge in [-0.2, -0.15) is 0 Å². The summed E-state index contributed by atoms with van der Waals surface area (Å²) in [5.41, 5.74) is 6.22. The van der Waals surface area contributed by atoms with Crippen LogP contribution in [0.5, 0.6) is 0 Å². The molecule has 0 saturated carbocycles. The normalized spacial score (nSPS) is 14.6. The molecule has 2 aromatic rings. The van der Waals surface area contributed by atoms with E-state index in [1.54, 1.807) is 18.2 Å². The highest BCUT2D eigenvalue weighted by Gasteiger charge is 2.21. The third-order valence-electron chi connectivity index (χ3n) is 4.14. The quantitative estimate of drug-likeness (QED) is 0.870. The second-order valence-corrected chi connectivity index (χ2v) is 5.82. The van der Waals surface area contributed by atoms with E-state index in [9.17, 15) is 9.18 Å². The molecule has 1 aliphatic rings. The van der Waals surface area contributed by atoms with Gasteiger partial charge in [-0.05, 0) is 25.0 Å². The Morgan fingerprint density at radius 2 is 1.96 bits per heavy atom. The molecule has 138 valence electrons. The first kappa shape index (κ1) is 21.4. The van der Waals surface area contributed by atoms with Crippen LogP contribution in [-0.4, -0.2) is 34.9 Å². The number of oxazole rings is 1. The number of piperidine rings is 1. The number of hydrogen-bond acceptors (Lipinski definition) is 4. The lowest BCUT2D eigenvalue weighted by Crippen LogP contribution is -2.42. The molecule has 25 heavy (non-hydrogen) atoms. The van der Waals surface area contributed by atoms with E-state index in [1.165, 1.54) is 12.3 Å². The van der Waals surface area contributed by atoms with E-state index in [4.69, 9.17) is 10.2 Å². The van der Waals surface area contributed by atoms with Crippen LogP contribution in [-0.2, 0) is 11.2 Å². The maximum atomic E-state index is 13.7. The topological polar surface area (TPSA) is 72.4 Å². The van der Waals surface area contributed by atoms with Crippen molar-refractivity contribution in [2.75, 3.05) is 13.1 Å². The van der Waals surface area contributed by atoms with Gasteiger partial charge < -0.3 is 15.1 Å². The fourth-order valence-corrected chi connectivity index (χ4v) is 2.73. The molecule has 1 fully saturated rings. The van der Waals surface area contributed by atoms with Crippen LogP contribution in [0.1, 0.15) is 25.2 Å². The predicted molar refractivity (Wildman–Crippen MR) is 98.5 cm³/mol. The Morgan fingerprint density at radius 1 is 1.28 bits per heavy atom. The average Bonchev–Trinajstić information content (AvgIpc) is 3.02. The van der Waals surface area contributed by atoms with E-state index in [2.05, 4.69) is 4.98 Å². The number of aryl methyl sites for hydroxylation is 1. The highest BCUT2D eigenvalue weighted by atomic mass is 35.5. The van der Waals surface area contributed by atoms with Crippen LogP contribution in [0.15, 0.2) is 34.9 Å². The van der Waals surface area contributed by atoms with Gasteiger partial charge in [0.25, 0.3) is 0 Å². The Hall–Kier alpha value is -1.63. The Kier molecular flexibility index (Phi) is 8.35. The smallest absolute Gasteiger partial charge is 0.223 e. The van der Waals surface area contributed by atoms with E-state index < -0.39 is 0 Å². The van der Waals surface area contributed by atoms with Gasteiger partial charge in [0.15, 0.2) is 11.7 Å². The molecule has 1 amide bonds. The number of halogens is 3. The molecule has 0 bridgehead atoms. The summed E-state index contributed by atoms with van der Waals surface area (Å²) in [5, 5.41) is 0. The molecular weight excluding hydrogens is 368 g/mol. The molecule has 3 rings (SSSR count). The molecule has 2 heterocycles. The summed E-state index contributed by atoms with van der Waals surface area (Å²) in [6.07, 6.45) is 3.95. The molecule has 0 atom stereocenters. The highest BCUT2D eigenvalue weighted by molar-refractivity contribution is 5.85. The minimum atomic E-state index is -0.351. The van der Waals surface area contributed by atoms with Crippen LogP contribution < -0.4 is 5.73 Å². The van der Waals surface area contributed by atoms with Crippen LogP contribution in [0.3, 0.4) is 0 Å². The maximum absolute atomic E-state index is 13.7. The Morgan fingerprint density at radius 3 is 2.64 bits per heavy atom. The molecule has 1 saturated heterocycles. The first-order chi connectivity index (χ1) is 11.1. The number of nitrogens with two attached hydrogens (primary N) is 1. The van der Waals surface area contributed by atoms with Crippen molar-refractivity contribution in [3.63, 3.8) is 0 Å². The van der Waals surface area contributed by atoms with Gasteiger partial charge in [0.2, 0.25) is 5.91 Å². The number of benzene rings is 1. The third kappa shape index (κ3) is 5.42. The summed E-state index contributed by atoms with van der Waals surface area (Å²) in [6.45, 7) is 1.43. The second-order valence-electron chi connectivity index (χ2n) is 5.82. The van der Waals surface area contributed by atoms with Crippen molar-refractivity contribution in [1.82, 2.24) is 9.88 Å². The molecule has 1 aromatic carbocycles. The first-order valence-corrected chi connectivity index (χ1v) is 7.86. The van der Waals surface area contributed by atoms with Crippen LogP contribution in [0.2, 0.25) is 0 Å². The minimum Gasteiger partial charge on any atom is -0.441 e. The van der Waals surface area contributed by atoms with Gasteiger partial charge in [-0.1, -0.05) is 12.1 Å². The predicted octanol–water partition coefficient (Wildman–Crippen LogP) is 3.21. The zero-order chi connectivity index (χ0) is 16.2. The van der Waals surface area contributed by atoms with Gasteiger partial charge in [-0.15, -0.1) is 24.8 Å². The van der Waals surface area contributed by atoms with Crippen LogP contribution in [0, 0.1) is 5.82 Å². The molecule has 0 aliphatic carbocycles. The van der Waals surface area contributed by atoms with Gasteiger partial charge in [-0.3, -0.25) is 4.79 Å². The average molecular weight is 390 g/mol. The number of likely N-dealkylation sites (tertiary alicyclic amines) is 1. The number of aromatic nitrogens is 1. The molecule has 0 unspecified atom stereocenters. The van der Waals surface area contributed by atoms with Gasteiger partial charge in [0.1, 0.15) is 5.82 Å². The lowest BCUT2D eigenvalue weighted by atomic mass is 10.1. The zero-order valence-corrected chi connectivity index (χ0v) is 15.3. The van der Waals surface area contributed by atoms with Gasteiger partial charge in [-0.25, -0.2) is 9.37 Å². The molecule has 5 nitrogen and oxygen atoms in total. The summed E-state index contributed by atoms with van der Waals surface area (Å²) in [6, 6.07) is 6.59. The first-order valence-electron chi connectivity index (χ1n) is 7.86. The number of rotatable bonds is 4. The van der Waals surface area contributed by atoms with Gasteiger partial charge >= 0.3 is 0 Å². The zero-order valence-electron chi connectivity index (χ0n) is 13.7. The van der Waals surface area contributed by atoms with Crippen molar-refractivity contribution in [3.05, 3.63) is 42.2 Å². The molecule has 0 spiro atoms. The maximum Gasteiger partial charge on any atom is 0.223 e. The number of nitrogens with zero attached hydrogens (tertiary/aromatic N) is 2. The van der Waals surface area contributed by atoms with E-state index in [0.717, 1.165) is 12.8 Å². The largest absolute Gasteiger partial charge is 0.441 e. The third-order valence-corrected chi connectivity index (χ3v) is 4.14. The summed E-state index contributed by atoms with van der Waals surface area (Å²) in [5.74, 6) is 0.568. The monoisotopic (exact) mass is 389 g/mol.